The molecule has 23 heavy (non-hydrogen) atoms. The van der Waals surface area contributed by atoms with Gasteiger partial charge in [-0.2, -0.15) is 0 Å². The Morgan fingerprint density at radius 1 is 1.17 bits per heavy atom. The first-order valence-corrected chi connectivity index (χ1v) is 6.57. The third kappa shape index (κ3) is 3.01. The second kappa shape index (κ2) is 5.99. The Kier molecular flexibility index (Phi) is 3.72. The summed E-state index contributed by atoms with van der Waals surface area (Å²) in [5.41, 5.74) is 2.19. The van der Waals surface area contributed by atoms with E-state index in [1.165, 1.54) is 0 Å². The maximum atomic E-state index is 11.0. The van der Waals surface area contributed by atoms with Crippen LogP contribution < -0.4 is 4.74 Å². The first-order chi connectivity index (χ1) is 11.2. The number of carboxylic acids is 1. The molecule has 7 heteroatoms. The number of nitrogens with zero attached hydrogens (tertiary/aromatic N) is 3. The van der Waals surface area contributed by atoms with Gasteiger partial charge >= 0.3 is 5.97 Å². The first-order valence-electron chi connectivity index (χ1n) is 6.57. The van der Waals surface area contributed by atoms with Crippen molar-refractivity contribution in [2.45, 2.75) is 0 Å². The van der Waals surface area contributed by atoms with Crippen LogP contribution in [0.1, 0.15) is 10.5 Å². The van der Waals surface area contributed by atoms with Gasteiger partial charge in [-0.05, 0) is 29.3 Å². The van der Waals surface area contributed by atoms with Crippen molar-refractivity contribution in [1.82, 2.24) is 15.4 Å². The van der Waals surface area contributed by atoms with Crippen molar-refractivity contribution in [3.8, 4) is 22.8 Å². The van der Waals surface area contributed by atoms with Gasteiger partial charge in [0.05, 0.1) is 6.57 Å². The van der Waals surface area contributed by atoms with E-state index in [2.05, 4.69) is 20.3 Å². The highest BCUT2D eigenvalue weighted by molar-refractivity contribution is 5.87. The number of rotatable bonds is 4. The van der Waals surface area contributed by atoms with Crippen molar-refractivity contribution < 1.29 is 14.6 Å². The lowest BCUT2D eigenvalue weighted by Crippen LogP contribution is -1.99. The Morgan fingerprint density at radius 2 is 1.96 bits per heavy atom. The number of nitrogens with one attached hydrogen (secondary N) is 1. The quantitative estimate of drug-likeness (QED) is 0.719. The van der Waals surface area contributed by atoms with Gasteiger partial charge in [-0.1, -0.05) is 40.6 Å². The van der Waals surface area contributed by atoms with Gasteiger partial charge in [0.2, 0.25) is 5.69 Å². The highest BCUT2D eigenvalue weighted by Crippen LogP contribution is 2.28. The molecule has 0 saturated heterocycles. The molecule has 0 bridgehead atoms. The highest BCUT2D eigenvalue weighted by atomic mass is 16.5. The number of H-pyrrole nitrogens is 1. The van der Waals surface area contributed by atoms with Crippen LogP contribution in [0.5, 0.6) is 11.6 Å². The van der Waals surface area contributed by atoms with E-state index >= 15 is 0 Å². The molecule has 3 aromatic rings. The minimum atomic E-state index is -1.20. The van der Waals surface area contributed by atoms with Gasteiger partial charge in [0.15, 0.2) is 5.69 Å². The number of hydrogen-bond acceptors (Lipinski definition) is 4. The molecule has 0 amide bonds. The van der Waals surface area contributed by atoms with Gasteiger partial charge in [0.1, 0.15) is 5.75 Å². The van der Waals surface area contributed by atoms with Crippen molar-refractivity contribution in [3.05, 3.63) is 65.6 Å². The smallest absolute Gasteiger partial charge is 0.359 e. The number of aromatic carboxylic acids is 1. The molecule has 0 aliphatic carbocycles. The van der Waals surface area contributed by atoms with Crippen molar-refractivity contribution in [2.24, 2.45) is 0 Å². The van der Waals surface area contributed by atoms with Crippen LogP contribution in [0.4, 0.5) is 5.69 Å². The van der Waals surface area contributed by atoms with Crippen molar-refractivity contribution >= 4 is 11.7 Å². The molecule has 0 aliphatic rings. The average Bonchev–Trinajstić information content (AvgIpc) is 3.04. The number of hydrogen-bond donors (Lipinski definition) is 2. The van der Waals surface area contributed by atoms with E-state index in [9.17, 15) is 4.79 Å². The van der Waals surface area contributed by atoms with Gasteiger partial charge in [0.25, 0.3) is 5.88 Å². The van der Waals surface area contributed by atoms with E-state index in [0.29, 0.717) is 11.4 Å². The SMILES string of the molecule is [C-]#[N+]c1cccc(-c2ccc(Oc3nn[nH]c3C(=O)O)cc2)c1. The summed E-state index contributed by atoms with van der Waals surface area (Å²) in [6.07, 6.45) is 0. The Morgan fingerprint density at radius 3 is 2.65 bits per heavy atom. The monoisotopic (exact) mass is 306 g/mol. The lowest BCUT2D eigenvalue weighted by molar-refractivity contribution is 0.0687. The minimum Gasteiger partial charge on any atom is -0.476 e. The van der Waals surface area contributed by atoms with Gasteiger partial charge in [-0.15, -0.1) is 0 Å². The summed E-state index contributed by atoms with van der Waals surface area (Å²) in [7, 11) is 0. The topological polar surface area (TPSA) is 92.5 Å². The lowest BCUT2D eigenvalue weighted by atomic mass is 10.1. The molecule has 0 atom stereocenters. The van der Waals surface area contributed by atoms with E-state index < -0.39 is 5.97 Å². The molecule has 0 spiro atoms. The molecule has 7 nitrogen and oxygen atoms in total. The van der Waals surface area contributed by atoms with E-state index in [1.54, 1.807) is 24.3 Å². The summed E-state index contributed by atoms with van der Waals surface area (Å²) in [4.78, 5) is 14.4. The summed E-state index contributed by atoms with van der Waals surface area (Å²) in [5.74, 6) is -0.857. The average molecular weight is 306 g/mol. The van der Waals surface area contributed by atoms with Gasteiger partial charge in [-0.3, -0.25) is 0 Å². The Balaban J connectivity index is 1.83. The number of aromatic nitrogens is 3. The third-order valence-corrected chi connectivity index (χ3v) is 3.11. The third-order valence-electron chi connectivity index (χ3n) is 3.11. The maximum absolute atomic E-state index is 11.0. The first kappa shape index (κ1) is 14.3. The highest BCUT2D eigenvalue weighted by Gasteiger charge is 2.16. The Hall–Kier alpha value is -3.66. The molecule has 1 heterocycles. The molecule has 2 aromatic carbocycles. The van der Waals surface area contributed by atoms with Crippen LogP contribution in [0.25, 0.3) is 16.0 Å². The predicted molar refractivity (Wildman–Crippen MR) is 81.6 cm³/mol. The zero-order valence-corrected chi connectivity index (χ0v) is 11.7. The summed E-state index contributed by atoms with van der Waals surface area (Å²) in [6, 6.07) is 14.3. The number of carboxylic acid groups (broad SMARTS) is 1. The predicted octanol–water partition coefficient (Wildman–Crippen LogP) is 3.51. The summed E-state index contributed by atoms with van der Waals surface area (Å²) >= 11 is 0. The van der Waals surface area contributed by atoms with E-state index in [4.69, 9.17) is 16.4 Å². The second-order valence-electron chi connectivity index (χ2n) is 4.59. The summed E-state index contributed by atoms with van der Waals surface area (Å²) in [6.45, 7) is 7.04. The number of ether oxygens (including phenoxy) is 1. The molecule has 0 saturated carbocycles. The molecule has 0 radical (unpaired) electrons. The standard InChI is InChI=1S/C16H10N4O3/c1-17-12-4-2-3-11(9-12)10-5-7-13(8-6-10)23-15-14(16(21)22)18-20-19-15/h2-9H,(H,21,22)(H,18,19,20). The fourth-order valence-electron chi connectivity index (χ4n) is 2.01. The largest absolute Gasteiger partial charge is 0.476 e. The number of benzene rings is 2. The van der Waals surface area contributed by atoms with E-state index in [1.807, 2.05) is 24.3 Å². The Bertz CT molecular complexity index is 894. The van der Waals surface area contributed by atoms with E-state index in [-0.39, 0.29) is 11.6 Å². The van der Waals surface area contributed by atoms with Crippen molar-refractivity contribution in [1.29, 1.82) is 0 Å². The van der Waals surface area contributed by atoms with Crippen LogP contribution in [-0.2, 0) is 0 Å². The van der Waals surface area contributed by atoms with Crippen molar-refractivity contribution in [2.75, 3.05) is 0 Å². The summed E-state index contributed by atoms with van der Waals surface area (Å²) in [5, 5.41) is 18.2. The lowest BCUT2D eigenvalue weighted by Gasteiger charge is -2.05. The molecular weight excluding hydrogens is 296 g/mol. The summed E-state index contributed by atoms with van der Waals surface area (Å²) < 4.78 is 5.41. The van der Waals surface area contributed by atoms with Gasteiger partial charge in [0, 0.05) is 0 Å². The minimum absolute atomic E-state index is 0.0970. The molecule has 0 fully saturated rings. The second-order valence-corrected chi connectivity index (χ2v) is 4.59. The fraction of sp³-hybridized carbons (Fsp3) is 0. The van der Waals surface area contributed by atoms with Gasteiger partial charge in [-0.25, -0.2) is 14.7 Å². The molecule has 0 unspecified atom stereocenters. The zero-order chi connectivity index (χ0) is 16.2. The normalized spacial score (nSPS) is 10.0. The maximum Gasteiger partial charge on any atom is 0.359 e. The van der Waals surface area contributed by atoms with Crippen molar-refractivity contribution in [3.63, 3.8) is 0 Å². The molecule has 112 valence electrons. The van der Waals surface area contributed by atoms with Gasteiger partial charge < -0.3 is 9.84 Å². The van der Waals surface area contributed by atoms with Crippen LogP contribution >= 0.6 is 0 Å². The number of aromatic amines is 1. The van der Waals surface area contributed by atoms with E-state index in [0.717, 1.165) is 11.1 Å². The molecule has 1 aromatic heterocycles. The molecular formula is C16H10N4O3. The Labute approximate surface area is 131 Å². The van der Waals surface area contributed by atoms with Crippen LogP contribution in [0, 0.1) is 6.57 Å². The fourth-order valence-corrected chi connectivity index (χ4v) is 2.01. The van der Waals surface area contributed by atoms with Crippen LogP contribution in [-0.4, -0.2) is 26.5 Å². The molecule has 0 aliphatic heterocycles. The van der Waals surface area contributed by atoms with Crippen LogP contribution in [0.15, 0.2) is 48.5 Å². The van der Waals surface area contributed by atoms with Crippen LogP contribution in [0.3, 0.4) is 0 Å². The van der Waals surface area contributed by atoms with Crippen LogP contribution in [0.2, 0.25) is 0 Å². The number of carbonyl (C=O) groups is 1. The zero-order valence-electron chi connectivity index (χ0n) is 11.7. The molecule has 3 rings (SSSR count). The molecule has 2 N–H and O–H groups in total.